The number of aromatic nitrogens is 1. The smallest absolute Gasteiger partial charge is 0.255 e. The van der Waals surface area contributed by atoms with E-state index in [9.17, 15) is 4.79 Å². The van der Waals surface area contributed by atoms with E-state index in [1.54, 1.807) is 30.1 Å². The Morgan fingerprint density at radius 3 is 3.05 bits per heavy atom. The highest BCUT2D eigenvalue weighted by Gasteiger charge is 2.31. The van der Waals surface area contributed by atoms with Crippen LogP contribution in [0.3, 0.4) is 0 Å². The number of hydrogen-bond donors (Lipinski definition) is 0. The van der Waals surface area contributed by atoms with Gasteiger partial charge in [0.2, 0.25) is 5.88 Å². The number of nitrogens with zero attached hydrogens (tertiary/aromatic N) is 2. The first-order valence-electron chi connectivity index (χ1n) is 6.87. The van der Waals surface area contributed by atoms with Crippen LogP contribution in [0, 0.1) is 0 Å². The van der Waals surface area contributed by atoms with Gasteiger partial charge in [0, 0.05) is 35.1 Å². The van der Waals surface area contributed by atoms with Crippen LogP contribution in [0.4, 0.5) is 0 Å². The van der Waals surface area contributed by atoms with E-state index in [2.05, 4.69) is 4.98 Å². The quantitative estimate of drug-likeness (QED) is 0.859. The largest absolute Gasteiger partial charge is 0.481 e. The van der Waals surface area contributed by atoms with Crippen molar-refractivity contribution in [2.75, 3.05) is 19.4 Å². The number of hydrogen-bond acceptors (Lipinski definition) is 4. The van der Waals surface area contributed by atoms with Gasteiger partial charge in [-0.3, -0.25) is 4.79 Å². The summed E-state index contributed by atoms with van der Waals surface area (Å²) in [5.41, 5.74) is 1.63. The van der Waals surface area contributed by atoms with Gasteiger partial charge in [-0.15, -0.1) is 11.8 Å². The zero-order chi connectivity index (χ0) is 15.5. The van der Waals surface area contributed by atoms with Crippen molar-refractivity contribution in [2.24, 2.45) is 0 Å². The molecule has 0 radical (unpaired) electrons. The van der Waals surface area contributed by atoms with Gasteiger partial charge in [0.25, 0.3) is 5.91 Å². The molecule has 1 aliphatic rings. The Morgan fingerprint density at radius 2 is 2.27 bits per heavy atom. The highest BCUT2D eigenvalue weighted by atomic mass is 35.5. The lowest BCUT2D eigenvalue weighted by Crippen LogP contribution is -2.30. The van der Waals surface area contributed by atoms with Crippen LogP contribution in [-0.2, 0) is 0 Å². The van der Waals surface area contributed by atoms with E-state index in [1.165, 1.54) is 7.11 Å². The molecule has 0 bridgehead atoms. The molecular formula is C16H15ClN2O2S. The van der Waals surface area contributed by atoms with Gasteiger partial charge in [0.05, 0.1) is 7.11 Å². The summed E-state index contributed by atoms with van der Waals surface area (Å²) in [6, 6.07) is 11.0. The fourth-order valence-corrected chi connectivity index (χ4v) is 3.88. The summed E-state index contributed by atoms with van der Waals surface area (Å²) in [5, 5.41) is 0.674. The van der Waals surface area contributed by atoms with E-state index in [-0.39, 0.29) is 11.3 Å². The van der Waals surface area contributed by atoms with E-state index in [0.717, 1.165) is 11.3 Å². The molecule has 1 aliphatic heterocycles. The molecule has 1 saturated heterocycles. The highest BCUT2D eigenvalue weighted by molar-refractivity contribution is 7.99. The first-order chi connectivity index (χ1) is 10.7. The minimum atomic E-state index is -0.0179. The number of carbonyl (C=O) groups is 1. The Balaban J connectivity index is 1.87. The topological polar surface area (TPSA) is 42.4 Å². The summed E-state index contributed by atoms with van der Waals surface area (Å²) in [6.07, 6.45) is 1.59. The first kappa shape index (κ1) is 15.2. The summed E-state index contributed by atoms with van der Waals surface area (Å²) < 4.78 is 5.09. The molecule has 2 aromatic rings. The Kier molecular flexibility index (Phi) is 4.55. The average molecular weight is 335 g/mol. The van der Waals surface area contributed by atoms with Gasteiger partial charge in [0.15, 0.2) is 0 Å². The molecule has 1 aromatic carbocycles. The van der Waals surface area contributed by atoms with E-state index < -0.39 is 0 Å². The second-order valence-electron chi connectivity index (χ2n) is 4.86. The average Bonchev–Trinajstić information content (AvgIpc) is 3.04. The molecule has 1 amide bonds. The van der Waals surface area contributed by atoms with Gasteiger partial charge in [-0.1, -0.05) is 23.7 Å². The molecule has 1 fully saturated rings. The van der Waals surface area contributed by atoms with Crippen LogP contribution in [0.15, 0.2) is 42.6 Å². The third kappa shape index (κ3) is 3.05. The predicted molar refractivity (Wildman–Crippen MR) is 88.5 cm³/mol. The van der Waals surface area contributed by atoms with Crippen LogP contribution in [0.25, 0.3) is 0 Å². The SMILES string of the molecule is COc1cc(C(=O)N2CCSC2c2cccc(Cl)c2)ccn1. The van der Waals surface area contributed by atoms with Gasteiger partial charge in [-0.2, -0.15) is 0 Å². The molecule has 1 unspecified atom stereocenters. The van der Waals surface area contributed by atoms with Crippen molar-refractivity contribution in [2.45, 2.75) is 5.37 Å². The molecule has 114 valence electrons. The van der Waals surface area contributed by atoms with E-state index in [1.807, 2.05) is 29.2 Å². The lowest BCUT2D eigenvalue weighted by molar-refractivity contribution is 0.0759. The summed E-state index contributed by atoms with van der Waals surface area (Å²) >= 11 is 7.81. The summed E-state index contributed by atoms with van der Waals surface area (Å²) in [6.45, 7) is 0.714. The van der Waals surface area contributed by atoms with Crippen LogP contribution >= 0.6 is 23.4 Å². The number of benzene rings is 1. The maximum Gasteiger partial charge on any atom is 0.255 e. The zero-order valence-corrected chi connectivity index (χ0v) is 13.6. The van der Waals surface area contributed by atoms with Crippen molar-refractivity contribution >= 4 is 29.3 Å². The number of methoxy groups -OCH3 is 1. The van der Waals surface area contributed by atoms with Gasteiger partial charge in [-0.25, -0.2) is 4.98 Å². The van der Waals surface area contributed by atoms with Crippen molar-refractivity contribution in [3.8, 4) is 5.88 Å². The standard InChI is InChI=1S/C16H15ClN2O2S/c1-21-14-10-11(5-6-18-14)15(20)19-7-8-22-16(19)12-3-2-4-13(17)9-12/h2-6,9-10,16H,7-8H2,1H3. The summed E-state index contributed by atoms with van der Waals surface area (Å²) in [7, 11) is 1.54. The van der Waals surface area contributed by atoms with Crippen LogP contribution in [-0.4, -0.2) is 35.2 Å². The number of pyridine rings is 1. The third-order valence-electron chi connectivity index (χ3n) is 3.48. The Morgan fingerprint density at radius 1 is 1.41 bits per heavy atom. The molecule has 0 N–H and O–H groups in total. The first-order valence-corrected chi connectivity index (χ1v) is 8.30. The lowest BCUT2D eigenvalue weighted by Gasteiger charge is -2.24. The number of halogens is 1. The fourth-order valence-electron chi connectivity index (χ4n) is 2.43. The molecule has 2 heterocycles. The number of ether oxygens (including phenoxy) is 1. The highest BCUT2D eigenvalue weighted by Crippen LogP contribution is 2.39. The monoisotopic (exact) mass is 334 g/mol. The normalized spacial score (nSPS) is 17.5. The van der Waals surface area contributed by atoms with Gasteiger partial charge >= 0.3 is 0 Å². The molecule has 0 saturated carbocycles. The van der Waals surface area contributed by atoms with Crippen LogP contribution in [0.2, 0.25) is 5.02 Å². The summed E-state index contributed by atoms with van der Waals surface area (Å²) in [4.78, 5) is 18.7. The molecule has 22 heavy (non-hydrogen) atoms. The minimum absolute atomic E-state index is 0.00893. The zero-order valence-electron chi connectivity index (χ0n) is 12.0. The molecular weight excluding hydrogens is 320 g/mol. The van der Waals surface area contributed by atoms with Crippen LogP contribution < -0.4 is 4.74 Å². The van der Waals surface area contributed by atoms with E-state index in [0.29, 0.717) is 23.0 Å². The van der Waals surface area contributed by atoms with Crippen molar-refractivity contribution < 1.29 is 9.53 Å². The lowest BCUT2D eigenvalue weighted by atomic mass is 10.1. The number of carbonyl (C=O) groups excluding carboxylic acids is 1. The second-order valence-corrected chi connectivity index (χ2v) is 6.49. The molecule has 6 heteroatoms. The van der Waals surface area contributed by atoms with Crippen molar-refractivity contribution in [1.82, 2.24) is 9.88 Å². The van der Waals surface area contributed by atoms with Crippen molar-refractivity contribution in [1.29, 1.82) is 0 Å². The third-order valence-corrected chi connectivity index (χ3v) is 4.97. The minimum Gasteiger partial charge on any atom is -0.481 e. The number of thioether (sulfide) groups is 1. The van der Waals surface area contributed by atoms with E-state index >= 15 is 0 Å². The molecule has 0 aliphatic carbocycles. The number of amides is 1. The molecule has 1 atom stereocenters. The molecule has 3 rings (SSSR count). The van der Waals surface area contributed by atoms with Crippen molar-refractivity contribution in [3.63, 3.8) is 0 Å². The Bertz CT molecular complexity index is 695. The molecule has 1 aromatic heterocycles. The van der Waals surface area contributed by atoms with Crippen molar-refractivity contribution in [3.05, 3.63) is 58.7 Å². The van der Waals surface area contributed by atoms with Crippen LogP contribution in [0.1, 0.15) is 21.3 Å². The van der Waals surface area contributed by atoms with E-state index in [4.69, 9.17) is 16.3 Å². The Labute approximate surface area is 138 Å². The Hall–Kier alpha value is -1.72. The number of rotatable bonds is 3. The second kappa shape index (κ2) is 6.58. The maximum atomic E-state index is 12.8. The predicted octanol–water partition coefficient (Wildman–Crippen LogP) is 3.63. The molecule has 4 nitrogen and oxygen atoms in total. The van der Waals surface area contributed by atoms with Gasteiger partial charge in [0.1, 0.15) is 5.37 Å². The van der Waals surface area contributed by atoms with Gasteiger partial charge < -0.3 is 9.64 Å². The van der Waals surface area contributed by atoms with Crippen LogP contribution in [0.5, 0.6) is 5.88 Å². The molecule has 0 spiro atoms. The fraction of sp³-hybridized carbons (Fsp3) is 0.250. The van der Waals surface area contributed by atoms with Gasteiger partial charge in [-0.05, 0) is 23.8 Å². The maximum absolute atomic E-state index is 12.8. The summed E-state index contributed by atoms with van der Waals surface area (Å²) in [5.74, 6) is 1.33.